The Hall–Kier alpha value is -1.82. The van der Waals surface area contributed by atoms with E-state index in [9.17, 15) is 9.59 Å². The van der Waals surface area contributed by atoms with Gasteiger partial charge in [0, 0.05) is 0 Å². The molecule has 2 rings (SSSR count). The van der Waals surface area contributed by atoms with E-state index in [0.29, 0.717) is 0 Å². The molecule has 1 aliphatic heterocycles. The highest BCUT2D eigenvalue weighted by Crippen LogP contribution is 2.08. The van der Waals surface area contributed by atoms with Gasteiger partial charge in [-0.2, -0.15) is 0 Å². The van der Waals surface area contributed by atoms with Crippen molar-refractivity contribution < 1.29 is 19.0 Å². The number of methoxy groups -OCH3 is 1. The summed E-state index contributed by atoms with van der Waals surface area (Å²) in [6.07, 6.45) is 0. The van der Waals surface area contributed by atoms with Gasteiger partial charge in [0.1, 0.15) is 0 Å². The number of nitrogens with zero attached hydrogens (tertiary/aromatic N) is 1. The molecule has 94 valence electrons. The molecule has 0 aromatic heterocycles. The Morgan fingerprint density at radius 2 is 2.11 bits per heavy atom. The van der Waals surface area contributed by atoms with Gasteiger partial charge in [0.15, 0.2) is 0 Å². The molecule has 1 saturated heterocycles. The minimum atomic E-state index is -0.503. The highest BCUT2D eigenvalue weighted by atomic mass is 16.5. The maximum absolute atomic E-state index is 11.4. The largest absolute Gasteiger partial charge is 0.515 e. The van der Waals surface area contributed by atoms with E-state index in [1.54, 1.807) is 4.81 Å². The van der Waals surface area contributed by atoms with Crippen LogP contribution < -0.4 is 5.46 Å². The van der Waals surface area contributed by atoms with E-state index in [1.165, 1.54) is 7.11 Å². The molecule has 6 heteroatoms. The predicted molar refractivity (Wildman–Crippen MR) is 66.2 cm³/mol. The highest BCUT2D eigenvalue weighted by molar-refractivity contribution is 6.67. The zero-order chi connectivity index (χ0) is 13.1. The molecule has 0 amide bonds. The molecule has 0 aliphatic carbocycles. The molecule has 0 spiro atoms. The zero-order valence-electron chi connectivity index (χ0n) is 10.4. The minimum absolute atomic E-state index is 0.0424. The van der Waals surface area contributed by atoms with E-state index >= 15 is 0 Å². The third-order valence-electron chi connectivity index (χ3n) is 2.83. The summed E-state index contributed by atoms with van der Waals surface area (Å²) < 4.78 is 9.83. The second-order valence-corrected chi connectivity index (χ2v) is 4.23. The summed E-state index contributed by atoms with van der Waals surface area (Å²) in [4.78, 5) is 24.3. The normalized spacial score (nSPS) is 15.7. The van der Waals surface area contributed by atoms with Gasteiger partial charge in [-0.3, -0.25) is 14.4 Å². The Bertz CT molecular complexity index is 460. The maximum Gasteiger partial charge on any atom is 0.488 e. The van der Waals surface area contributed by atoms with E-state index in [0.717, 1.165) is 11.0 Å². The lowest BCUT2D eigenvalue weighted by Gasteiger charge is -2.16. The van der Waals surface area contributed by atoms with Gasteiger partial charge in [-0.1, -0.05) is 29.8 Å². The monoisotopic (exact) mass is 247 g/mol. The van der Waals surface area contributed by atoms with Gasteiger partial charge in [0.05, 0.1) is 20.2 Å². The Labute approximate surface area is 106 Å². The average Bonchev–Trinajstić information content (AvgIpc) is 2.71. The minimum Gasteiger partial charge on any atom is -0.515 e. The highest BCUT2D eigenvalue weighted by Gasteiger charge is 2.40. The van der Waals surface area contributed by atoms with Gasteiger partial charge >= 0.3 is 19.0 Å². The van der Waals surface area contributed by atoms with Crippen LogP contribution in [-0.2, 0) is 19.0 Å². The molecule has 0 bridgehead atoms. The SMILES string of the molecule is COC(=O)CN1CC(=O)OB1c1ccc(C)cc1. The fourth-order valence-corrected chi connectivity index (χ4v) is 1.86. The molecule has 0 radical (unpaired) electrons. The van der Waals surface area contributed by atoms with Gasteiger partial charge in [-0.25, -0.2) is 0 Å². The maximum atomic E-state index is 11.4. The first-order valence-electron chi connectivity index (χ1n) is 5.67. The van der Waals surface area contributed by atoms with Gasteiger partial charge in [0.2, 0.25) is 0 Å². The summed E-state index contributed by atoms with van der Waals surface area (Å²) in [5.74, 6) is -0.713. The van der Waals surface area contributed by atoms with E-state index in [-0.39, 0.29) is 25.0 Å². The third kappa shape index (κ3) is 2.71. The lowest BCUT2D eigenvalue weighted by atomic mass is 9.72. The topological polar surface area (TPSA) is 55.8 Å². The zero-order valence-corrected chi connectivity index (χ0v) is 10.4. The fraction of sp³-hybridized carbons (Fsp3) is 0.333. The van der Waals surface area contributed by atoms with Gasteiger partial charge in [0.25, 0.3) is 0 Å². The molecule has 1 fully saturated rings. The van der Waals surface area contributed by atoms with Crippen molar-refractivity contribution in [3.8, 4) is 0 Å². The first kappa shape index (κ1) is 12.6. The molecule has 18 heavy (non-hydrogen) atoms. The molecule has 0 unspecified atom stereocenters. The summed E-state index contributed by atoms with van der Waals surface area (Å²) in [5, 5.41) is 0. The lowest BCUT2D eigenvalue weighted by molar-refractivity contribution is -0.140. The Morgan fingerprint density at radius 1 is 1.44 bits per heavy atom. The van der Waals surface area contributed by atoms with Crippen LogP contribution >= 0.6 is 0 Å². The summed E-state index contributed by atoms with van der Waals surface area (Å²) in [6, 6.07) is 7.67. The van der Waals surface area contributed by atoms with Crippen molar-refractivity contribution in [1.82, 2.24) is 4.81 Å². The summed E-state index contributed by atoms with van der Waals surface area (Å²) in [5.41, 5.74) is 1.98. The van der Waals surface area contributed by atoms with Crippen molar-refractivity contribution in [3.63, 3.8) is 0 Å². The Morgan fingerprint density at radius 3 is 2.72 bits per heavy atom. The first-order valence-corrected chi connectivity index (χ1v) is 5.67. The fourth-order valence-electron chi connectivity index (χ4n) is 1.86. The van der Waals surface area contributed by atoms with E-state index < -0.39 is 7.05 Å². The number of benzene rings is 1. The molecule has 5 nitrogen and oxygen atoms in total. The van der Waals surface area contributed by atoms with Gasteiger partial charge in [-0.15, -0.1) is 0 Å². The molecule has 1 aromatic carbocycles. The smallest absolute Gasteiger partial charge is 0.488 e. The van der Waals surface area contributed by atoms with Gasteiger partial charge in [-0.05, 0) is 12.4 Å². The molecule has 0 saturated carbocycles. The standard InChI is InChI=1S/C12H14BNO4/c1-9-3-5-10(6-4-9)13-14(7-11(15)17-2)8-12(16)18-13/h3-6H,7-8H2,1-2H3. The Kier molecular flexibility index (Phi) is 3.67. The van der Waals surface area contributed by atoms with Crippen LogP contribution in [0.25, 0.3) is 0 Å². The number of hydrogen-bond acceptors (Lipinski definition) is 5. The number of ether oxygens (including phenoxy) is 1. The number of aryl methyl sites for hydroxylation is 1. The molecule has 0 atom stereocenters. The number of rotatable bonds is 3. The van der Waals surface area contributed by atoms with Crippen LogP contribution in [0, 0.1) is 6.92 Å². The number of carbonyl (C=O) groups excluding carboxylic acids is 2. The summed E-state index contributed by atoms with van der Waals surface area (Å²) in [6.45, 7) is 2.13. The van der Waals surface area contributed by atoms with E-state index in [4.69, 9.17) is 4.65 Å². The molecular weight excluding hydrogens is 233 g/mol. The second kappa shape index (κ2) is 5.22. The van der Waals surface area contributed by atoms with E-state index in [1.807, 2.05) is 31.2 Å². The van der Waals surface area contributed by atoms with Crippen molar-refractivity contribution in [2.75, 3.05) is 20.2 Å². The van der Waals surface area contributed by atoms with Crippen LogP contribution in [0.5, 0.6) is 0 Å². The van der Waals surface area contributed by atoms with Crippen LogP contribution in [0.4, 0.5) is 0 Å². The van der Waals surface area contributed by atoms with Crippen LogP contribution in [-0.4, -0.2) is 44.0 Å². The Balaban J connectivity index is 2.16. The first-order chi connectivity index (χ1) is 8.60. The molecule has 1 aromatic rings. The van der Waals surface area contributed by atoms with E-state index in [2.05, 4.69) is 4.74 Å². The number of carbonyl (C=O) groups is 2. The quantitative estimate of drug-likeness (QED) is 0.543. The number of hydrogen-bond donors (Lipinski definition) is 0. The number of esters is 1. The van der Waals surface area contributed by atoms with Crippen molar-refractivity contribution >= 4 is 24.5 Å². The lowest BCUT2D eigenvalue weighted by Crippen LogP contribution is -2.47. The molecular formula is C12H14BNO4. The summed E-state index contributed by atoms with van der Waals surface area (Å²) in [7, 11) is 0.819. The molecule has 1 aliphatic rings. The molecule has 0 N–H and O–H groups in total. The predicted octanol–water partition coefficient (Wildman–Crippen LogP) is -0.278. The van der Waals surface area contributed by atoms with Crippen LogP contribution in [0.3, 0.4) is 0 Å². The summed E-state index contributed by atoms with van der Waals surface area (Å²) >= 11 is 0. The average molecular weight is 247 g/mol. The van der Waals surface area contributed by atoms with Crippen LogP contribution in [0.1, 0.15) is 5.56 Å². The molecule has 1 heterocycles. The van der Waals surface area contributed by atoms with Crippen LogP contribution in [0.15, 0.2) is 24.3 Å². The third-order valence-corrected chi connectivity index (χ3v) is 2.83. The van der Waals surface area contributed by atoms with Crippen molar-refractivity contribution in [2.45, 2.75) is 6.92 Å². The van der Waals surface area contributed by atoms with Crippen LogP contribution in [0.2, 0.25) is 0 Å². The van der Waals surface area contributed by atoms with Crippen molar-refractivity contribution in [1.29, 1.82) is 0 Å². The van der Waals surface area contributed by atoms with Crippen molar-refractivity contribution in [3.05, 3.63) is 29.8 Å². The second-order valence-electron chi connectivity index (χ2n) is 4.23. The van der Waals surface area contributed by atoms with Gasteiger partial charge < -0.3 is 9.39 Å². The van der Waals surface area contributed by atoms with Crippen molar-refractivity contribution in [2.24, 2.45) is 0 Å².